The maximum absolute atomic E-state index is 11.6. The summed E-state index contributed by atoms with van der Waals surface area (Å²) in [5.41, 5.74) is 0.299. The summed E-state index contributed by atoms with van der Waals surface area (Å²) in [6.45, 7) is 6.32. The van der Waals surface area contributed by atoms with Crippen molar-refractivity contribution in [2.24, 2.45) is 28.6 Å². The van der Waals surface area contributed by atoms with E-state index in [0.717, 1.165) is 51.9 Å². The topological polar surface area (TPSA) is 54.0 Å². The fraction of sp³-hybridized carbons (Fsp3) is 0.957. The van der Waals surface area contributed by atoms with Gasteiger partial charge in [-0.15, -0.1) is 0 Å². The van der Waals surface area contributed by atoms with Crippen LogP contribution in [0.1, 0.15) is 65.2 Å². The first-order valence-corrected chi connectivity index (χ1v) is 12.4. The molecule has 0 aromatic heterocycles. The Morgan fingerprint density at radius 3 is 2.59 bits per heavy atom. The van der Waals surface area contributed by atoms with Crippen molar-refractivity contribution in [2.45, 2.75) is 87.5 Å². The maximum Gasteiger partial charge on any atom is 0.302 e. The lowest BCUT2D eigenvalue weighted by Crippen LogP contribution is -2.64. The van der Waals surface area contributed by atoms with Crippen LogP contribution in [-0.2, 0) is 23.7 Å². The van der Waals surface area contributed by atoms with Crippen LogP contribution in [0.5, 0.6) is 0 Å². The van der Waals surface area contributed by atoms with Gasteiger partial charge in [-0.2, -0.15) is 0 Å². The van der Waals surface area contributed by atoms with Crippen molar-refractivity contribution in [3.05, 3.63) is 0 Å². The number of carbonyl (C=O) groups excluding carboxylic acids is 1. The van der Waals surface area contributed by atoms with Crippen molar-refractivity contribution in [3.8, 4) is 0 Å². The van der Waals surface area contributed by atoms with Gasteiger partial charge in [0.2, 0.25) is 0 Å². The van der Waals surface area contributed by atoms with E-state index in [-0.39, 0.29) is 39.1 Å². The Morgan fingerprint density at radius 2 is 1.83 bits per heavy atom. The van der Waals surface area contributed by atoms with Gasteiger partial charge in [0.05, 0.1) is 30.2 Å². The van der Waals surface area contributed by atoms with Gasteiger partial charge in [-0.05, 0) is 56.3 Å². The molecule has 0 N–H and O–H groups in total. The second kappa shape index (κ2) is 6.20. The van der Waals surface area contributed by atoms with E-state index in [1.165, 1.54) is 26.2 Å². The third-order valence-corrected chi connectivity index (χ3v) is 11.7. The van der Waals surface area contributed by atoms with E-state index in [1.54, 1.807) is 0 Å². The fourth-order valence-electron chi connectivity index (χ4n) is 8.91. The Hall–Kier alpha value is -0.170. The minimum Gasteiger partial charge on any atom is -0.463 e. The fourth-order valence-corrected chi connectivity index (χ4v) is 10.2. The van der Waals surface area contributed by atoms with E-state index in [1.807, 2.05) is 0 Å². The SMILES string of the molecule is CC(=O)O[C@H]1CC[C@@]23CO[C@H](C[C@H]4[C@H]2CC[C@]2(C)[C@@H]4CCC24OCCO4)[C@@]3(Br)C1. The first kappa shape index (κ1) is 19.5. The van der Waals surface area contributed by atoms with Crippen LogP contribution in [0.4, 0.5) is 0 Å². The molecule has 2 heterocycles. The highest BCUT2D eigenvalue weighted by atomic mass is 79.9. The molecule has 6 aliphatic rings. The average molecular weight is 469 g/mol. The van der Waals surface area contributed by atoms with Crippen molar-refractivity contribution in [1.29, 1.82) is 0 Å². The van der Waals surface area contributed by atoms with Crippen LogP contribution in [0.2, 0.25) is 0 Å². The second-order valence-corrected chi connectivity index (χ2v) is 12.3. The van der Waals surface area contributed by atoms with E-state index >= 15 is 0 Å². The lowest BCUT2D eigenvalue weighted by atomic mass is 9.44. The number of ether oxygens (including phenoxy) is 4. The number of alkyl halides is 1. The van der Waals surface area contributed by atoms with Crippen LogP contribution in [0.15, 0.2) is 0 Å². The first-order valence-electron chi connectivity index (χ1n) is 11.6. The third kappa shape index (κ3) is 2.30. The maximum atomic E-state index is 11.6. The molecule has 6 fully saturated rings. The zero-order valence-electron chi connectivity index (χ0n) is 17.6. The molecule has 0 radical (unpaired) electrons. The number of esters is 1. The molecule has 6 rings (SSSR count). The third-order valence-electron chi connectivity index (χ3n) is 10.1. The molecule has 2 aliphatic heterocycles. The molecule has 0 aromatic carbocycles. The van der Waals surface area contributed by atoms with Gasteiger partial charge in [0.25, 0.3) is 0 Å². The first-order chi connectivity index (χ1) is 13.8. The van der Waals surface area contributed by atoms with Gasteiger partial charge in [0.1, 0.15) is 6.10 Å². The highest BCUT2D eigenvalue weighted by molar-refractivity contribution is 9.10. The molecule has 4 aliphatic carbocycles. The van der Waals surface area contributed by atoms with Crippen LogP contribution in [-0.4, -0.2) is 48.1 Å². The van der Waals surface area contributed by atoms with Crippen molar-refractivity contribution >= 4 is 21.9 Å². The molecule has 0 unspecified atom stereocenters. The van der Waals surface area contributed by atoms with E-state index in [0.29, 0.717) is 17.8 Å². The second-order valence-electron chi connectivity index (χ2n) is 10.8. The summed E-state index contributed by atoms with van der Waals surface area (Å²) in [5, 5.41) is 0. The van der Waals surface area contributed by atoms with Crippen LogP contribution in [0, 0.1) is 28.6 Å². The van der Waals surface area contributed by atoms with E-state index < -0.39 is 0 Å². The van der Waals surface area contributed by atoms with Gasteiger partial charge in [0, 0.05) is 30.6 Å². The Morgan fingerprint density at radius 1 is 1.07 bits per heavy atom. The number of rotatable bonds is 1. The van der Waals surface area contributed by atoms with E-state index in [9.17, 15) is 4.79 Å². The molecule has 5 nitrogen and oxygen atoms in total. The summed E-state index contributed by atoms with van der Waals surface area (Å²) >= 11 is 4.23. The van der Waals surface area contributed by atoms with Crippen molar-refractivity contribution in [1.82, 2.24) is 0 Å². The van der Waals surface area contributed by atoms with Crippen LogP contribution in [0.3, 0.4) is 0 Å². The van der Waals surface area contributed by atoms with Gasteiger partial charge in [-0.1, -0.05) is 22.9 Å². The Bertz CT molecular complexity index is 722. The average Bonchev–Trinajstić information content (AvgIpc) is 3.30. The lowest BCUT2D eigenvalue weighted by Gasteiger charge is -2.63. The van der Waals surface area contributed by atoms with Gasteiger partial charge in [-0.25, -0.2) is 0 Å². The van der Waals surface area contributed by atoms with Crippen LogP contribution in [0.25, 0.3) is 0 Å². The Kier molecular flexibility index (Phi) is 4.17. The molecule has 0 amide bonds. The Labute approximate surface area is 181 Å². The number of halogens is 1. The molecule has 4 saturated carbocycles. The Balaban J connectivity index is 1.32. The molecule has 1 spiro atoms. The van der Waals surface area contributed by atoms with Gasteiger partial charge in [-0.3, -0.25) is 4.79 Å². The molecular weight excluding hydrogens is 436 g/mol. The standard InChI is InChI=1S/C23H33BrO5/c1-14(25)29-15-3-7-21-13-26-19(22(21,24)12-15)11-16-17-5-8-23(27-9-10-28-23)20(17,2)6-4-18(16)21/h15-19H,3-13H2,1-2H3/t15-,16+,17+,18+,19+,20+,21+,22-/m0/s1. The zero-order chi connectivity index (χ0) is 20.1. The highest BCUT2D eigenvalue weighted by Gasteiger charge is 2.74. The molecule has 2 saturated heterocycles. The summed E-state index contributed by atoms with van der Waals surface area (Å²) in [4.78, 5) is 11.6. The van der Waals surface area contributed by atoms with Gasteiger partial charge >= 0.3 is 5.97 Å². The zero-order valence-corrected chi connectivity index (χ0v) is 19.2. The number of hydrogen-bond acceptors (Lipinski definition) is 5. The van der Waals surface area contributed by atoms with Crippen molar-refractivity contribution in [2.75, 3.05) is 19.8 Å². The van der Waals surface area contributed by atoms with Gasteiger partial charge in [0.15, 0.2) is 5.79 Å². The minimum absolute atomic E-state index is 0.0182. The molecule has 8 atom stereocenters. The summed E-state index contributed by atoms with van der Waals surface area (Å²) in [7, 11) is 0. The molecule has 162 valence electrons. The molecule has 6 heteroatoms. The van der Waals surface area contributed by atoms with Crippen LogP contribution >= 0.6 is 15.9 Å². The molecular formula is C23H33BrO5. The van der Waals surface area contributed by atoms with Crippen LogP contribution < -0.4 is 0 Å². The van der Waals surface area contributed by atoms with Crippen molar-refractivity contribution < 1.29 is 23.7 Å². The number of hydrogen-bond donors (Lipinski definition) is 0. The monoisotopic (exact) mass is 468 g/mol. The van der Waals surface area contributed by atoms with Crippen molar-refractivity contribution in [3.63, 3.8) is 0 Å². The molecule has 0 aromatic rings. The summed E-state index contributed by atoms with van der Waals surface area (Å²) < 4.78 is 24.7. The number of carbonyl (C=O) groups is 1. The summed E-state index contributed by atoms with van der Waals surface area (Å²) in [6.07, 6.45) is 8.96. The summed E-state index contributed by atoms with van der Waals surface area (Å²) in [5.74, 6) is 1.52. The largest absolute Gasteiger partial charge is 0.463 e. The smallest absolute Gasteiger partial charge is 0.302 e. The van der Waals surface area contributed by atoms with Gasteiger partial charge < -0.3 is 18.9 Å². The molecule has 29 heavy (non-hydrogen) atoms. The number of fused-ring (bicyclic) bond motifs is 4. The predicted molar refractivity (Wildman–Crippen MR) is 110 cm³/mol. The van der Waals surface area contributed by atoms with E-state index in [2.05, 4.69) is 22.9 Å². The predicted octanol–water partition coefficient (Wildman–Crippen LogP) is 4.21. The molecule has 2 bridgehead atoms. The summed E-state index contributed by atoms with van der Waals surface area (Å²) in [6, 6.07) is 0. The quantitative estimate of drug-likeness (QED) is 0.426. The minimum atomic E-state index is -0.337. The normalized spacial score (nSPS) is 54.7. The van der Waals surface area contributed by atoms with E-state index in [4.69, 9.17) is 18.9 Å². The lowest BCUT2D eigenvalue weighted by molar-refractivity contribution is -0.245. The highest BCUT2D eigenvalue weighted by Crippen LogP contribution is 2.74.